The summed E-state index contributed by atoms with van der Waals surface area (Å²) in [5, 5.41) is 10.2. The first-order valence-electron chi connectivity index (χ1n) is 3.21. The van der Waals surface area contributed by atoms with E-state index in [2.05, 4.69) is 4.98 Å². The number of hydrogen-bond donors (Lipinski definition) is 2. The Kier molecular flexibility index (Phi) is 2.20. The van der Waals surface area contributed by atoms with Crippen molar-refractivity contribution >= 4 is 5.82 Å². The number of nitrogens with two attached hydrogens (primary N) is 1. The topological polar surface area (TPSA) is 102 Å². The molecule has 6 heteroatoms. The number of aromatic nitrogens is 1. The highest BCUT2D eigenvalue weighted by atomic mass is 16.6. The number of H-pyrrole nitrogens is 1. The smallest absolute Gasteiger partial charge is 0.332 e. The summed E-state index contributed by atoms with van der Waals surface area (Å²) in [6.07, 6.45) is 0. The van der Waals surface area contributed by atoms with Crippen LogP contribution in [-0.2, 0) is 6.54 Å². The van der Waals surface area contributed by atoms with Crippen molar-refractivity contribution in [3.63, 3.8) is 0 Å². The zero-order chi connectivity index (χ0) is 9.14. The van der Waals surface area contributed by atoms with E-state index in [0.29, 0.717) is 5.56 Å². The molecule has 1 aromatic heterocycles. The average Bonchev–Trinajstić information content (AvgIpc) is 2.03. The van der Waals surface area contributed by atoms with E-state index in [1.165, 1.54) is 12.1 Å². The lowest BCUT2D eigenvalue weighted by Crippen LogP contribution is -2.10. The third kappa shape index (κ3) is 1.67. The van der Waals surface area contributed by atoms with Gasteiger partial charge in [-0.05, 0) is 10.5 Å². The molecule has 0 atom stereocenters. The monoisotopic (exact) mass is 169 g/mol. The number of nitro groups is 1. The predicted octanol–water partition coefficient (Wildman–Crippen LogP) is -0.258. The summed E-state index contributed by atoms with van der Waals surface area (Å²) in [6.45, 7) is 0.116. The summed E-state index contributed by atoms with van der Waals surface area (Å²) < 4.78 is 0. The fourth-order valence-electron chi connectivity index (χ4n) is 0.800. The number of hydrogen-bond acceptors (Lipinski definition) is 4. The van der Waals surface area contributed by atoms with Crippen LogP contribution in [0.1, 0.15) is 5.56 Å². The van der Waals surface area contributed by atoms with Crippen LogP contribution in [0.15, 0.2) is 16.9 Å². The van der Waals surface area contributed by atoms with Crippen LogP contribution in [0.25, 0.3) is 0 Å². The van der Waals surface area contributed by atoms with E-state index in [9.17, 15) is 14.9 Å². The summed E-state index contributed by atoms with van der Waals surface area (Å²) in [7, 11) is 0. The largest absolute Gasteiger partial charge is 0.358 e. The van der Waals surface area contributed by atoms with Gasteiger partial charge in [-0.15, -0.1) is 0 Å². The van der Waals surface area contributed by atoms with Crippen molar-refractivity contribution in [2.24, 2.45) is 5.73 Å². The van der Waals surface area contributed by atoms with E-state index in [1.54, 1.807) is 0 Å². The van der Waals surface area contributed by atoms with E-state index in [1.807, 2.05) is 0 Å². The first-order chi connectivity index (χ1) is 5.63. The van der Waals surface area contributed by atoms with Gasteiger partial charge in [-0.1, -0.05) is 0 Å². The standard InChI is InChI=1S/C6H7N3O3/c7-3-4-1-5(9(11)12)8-6(10)2-4/h1-2H,3,7H2,(H,8,10). The fraction of sp³-hybridized carbons (Fsp3) is 0.167. The van der Waals surface area contributed by atoms with Crippen molar-refractivity contribution in [2.45, 2.75) is 6.54 Å². The van der Waals surface area contributed by atoms with Gasteiger partial charge in [-0.3, -0.25) is 0 Å². The van der Waals surface area contributed by atoms with Gasteiger partial charge in [0.15, 0.2) is 0 Å². The molecule has 0 radical (unpaired) electrons. The van der Waals surface area contributed by atoms with E-state index >= 15 is 0 Å². The molecular formula is C6H7N3O3. The lowest BCUT2D eigenvalue weighted by molar-refractivity contribution is -0.389. The minimum Gasteiger partial charge on any atom is -0.358 e. The quantitative estimate of drug-likeness (QED) is 0.470. The molecule has 0 bridgehead atoms. The molecule has 64 valence electrons. The molecule has 6 nitrogen and oxygen atoms in total. The third-order valence-electron chi connectivity index (χ3n) is 1.32. The fourth-order valence-corrected chi connectivity index (χ4v) is 0.800. The molecule has 0 saturated carbocycles. The zero-order valence-electron chi connectivity index (χ0n) is 6.11. The molecule has 0 aliphatic carbocycles. The van der Waals surface area contributed by atoms with Crippen molar-refractivity contribution in [1.29, 1.82) is 0 Å². The maximum Gasteiger partial charge on any atom is 0.332 e. The van der Waals surface area contributed by atoms with Crippen LogP contribution in [-0.4, -0.2) is 9.91 Å². The van der Waals surface area contributed by atoms with Gasteiger partial charge in [-0.2, -0.15) is 0 Å². The molecule has 0 saturated heterocycles. The van der Waals surface area contributed by atoms with Crippen LogP contribution in [0.3, 0.4) is 0 Å². The second kappa shape index (κ2) is 3.14. The van der Waals surface area contributed by atoms with Gasteiger partial charge in [0.2, 0.25) is 0 Å². The van der Waals surface area contributed by atoms with Crippen LogP contribution < -0.4 is 11.3 Å². The molecule has 12 heavy (non-hydrogen) atoms. The highest BCUT2D eigenvalue weighted by Crippen LogP contribution is 2.05. The van der Waals surface area contributed by atoms with Crippen LogP contribution in [0.2, 0.25) is 0 Å². The number of aromatic amines is 1. The normalized spacial score (nSPS) is 9.75. The lowest BCUT2D eigenvalue weighted by atomic mass is 10.2. The Balaban J connectivity index is 3.24. The van der Waals surface area contributed by atoms with Gasteiger partial charge < -0.3 is 15.8 Å². The van der Waals surface area contributed by atoms with Gasteiger partial charge in [0.1, 0.15) is 0 Å². The summed E-state index contributed by atoms with van der Waals surface area (Å²) in [6, 6.07) is 2.47. The Labute approximate surface area is 67.2 Å². The van der Waals surface area contributed by atoms with Crippen LogP contribution in [0.4, 0.5) is 5.82 Å². The van der Waals surface area contributed by atoms with E-state index in [0.717, 1.165) is 0 Å². The van der Waals surface area contributed by atoms with Crippen molar-refractivity contribution in [3.8, 4) is 0 Å². The first kappa shape index (κ1) is 8.41. The molecule has 1 heterocycles. The summed E-state index contributed by atoms with van der Waals surface area (Å²) in [5.74, 6) is -0.331. The maximum atomic E-state index is 10.8. The van der Waals surface area contributed by atoms with Crippen molar-refractivity contribution in [3.05, 3.63) is 38.2 Å². The number of nitrogens with zero attached hydrogens (tertiary/aromatic N) is 1. The van der Waals surface area contributed by atoms with Crippen LogP contribution >= 0.6 is 0 Å². The number of pyridine rings is 1. The molecular weight excluding hydrogens is 162 g/mol. The van der Waals surface area contributed by atoms with Gasteiger partial charge >= 0.3 is 11.4 Å². The molecule has 1 rings (SSSR count). The first-order valence-corrected chi connectivity index (χ1v) is 3.21. The van der Waals surface area contributed by atoms with Crippen molar-refractivity contribution in [1.82, 2.24) is 4.98 Å². The second-order valence-electron chi connectivity index (χ2n) is 2.20. The Bertz CT molecular complexity index is 357. The zero-order valence-corrected chi connectivity index (χ0v) is 6.11. The van der Waals surface area contributed by atoms with Crippen molar-refractivity contribution < 1.29 is 4.92 Å². The summed E-state index contributed by atoms with van der Waals surface area (Å²) >= 11 is 0. The molecule has 0 aromatic carbocycles. The Hall–Kier alpha value is -1.69. The van der Waals surface area contributed by atoms with Gasteiger partial charge in [0.05, 0.1) is 0 Å². The highest BCUT2D eigenvalue weighted by Gasteiger charge is 2.05. The maximum absolute atomic E-state index is 10.8. The number of rotatable bonds is 2. The average molecular weight is 169 g/mol. The van der Waals surface area contributed by atoms with Gasteiger partial charge in [0.25, 0.3) is 0 Å². The van der Waals surface area contributed by atoms with Gasteiger partial charge in [0, 0.05) is 18.7 Å². The molecule has 0 fully saturated rings. The summed E-state index contributed by atoms with van der Waals surface area (Å²) in [5.41, 5.74) is 5.15. The van der Waals surface area contributed by atoms with E-state index < -0.39 is 10.5 Å². The number of nitrogens with one attached hydrogen (secondary N) is 1. The molecule has 0 amide bonds. The summed E-state index contributed by atoms with van der Waals surface area (Å²) in [4.78, 5) is 22.4. The van der Waals surface area contributed by atoms with E-state index in [-0.39, 0.29) is 12.4 Å². The molecule has 0 unspecified atom stereocenters. The van der Waals surface area contributed by atoms with Gasteiger partial charge in [-0.25, -0.2) is 9.78 Å². The lowest BCUT2D eigenvalue weighted by Gasteiger charge is -1.95. The Morgan fingerprint density at radius 3 is 2.75 bits per heavy atom. The minimum atomic E-state index is -0.666. The van der Waals surface area contributed by atoms with Crippen LogP contribution in [0, 0.1) is 10.1 Å². The Morgan fingerprint density at radius 2 is 2.25 bits per heavy atom. The highest BCUT2D eigenvalue weighted by molar-refractivity contribution is 5.25. The third-order valence-corrected chi connectivity index (χ3v) is 1.32. The molecule has 0 aliphatic rings. The minimum absolute atomic E-state index is 0.116. The SMILES string of the molecule is NCc1cc([N+](=O)[O-])[nH]c(=O)c1. The molecule has 0 spiro atoms. The molecule has 1 aromatic rings. The molecule has 0 aliphatic heterocycles. The van der Waals surface area contributed by atoms with Crippen molar-refractivity contribution in [2.75, 3.05) is 0 Å². The van der Waals surface area contributed by atoms with E-state index in [4.69, 9.17) is 5.73 Å². The predicted molar refractivity (Wildman–Crippen MR) is 41.6 cm³/mol. The second-order valence-corrected chi connectivity index (χ2v) is 2.20. The Morgan fingerprint density at radius 1 is 1.58 bits per heavy atom. The molecule has 3 N–H and O–H groups in total. The van der Waals surface area contributed by atoms with Crippen LogP contribution in [0.5, 0.6) is 0 Å².